The van der Waals surface area contributed by atoms with Crippen LogP contribution in [0.2, 0.25) is 0 Å². The van der Waals surface area contributed by atoms with Crippen molar-refractivity contribution in [1.82, 2.24) is 4.98 Å². The summed E-state index contributed by atoms with van der Waals surface area (Å²) in [5.74, 6) is -0.465. The Bertz CT molecular complexity index is 262. The Balaban J connectivity index is 2.94. The molecule has 0 amide bonds. The van der Waals surface area contributed by atoms with Crippen LogP contribution in [0, 0.1) is 11.7 Å². The number of rotatable bonds is 2. The van der Waals surface area contributed by atoms with Gasteiger partial charge >= 0.3 is 0 Å². The van der Waals surface area contributed by atoms with E-state index < -0.39 is 11.9 Å². The zero-order valence-corrected chi connectivity index (χ0v) is 7.16. The van der Waals surface area contributed by atoms with Crippen LogP contribution >= 0.6 is 0 Å². The van der Waals surface area contributed by atoms with E-state index in [1.54, 1.807) is 0 Å². The molecule has 0 aliphatic carbocycles. The predicted octanol–water partition coefficient (Wildman–Crippen LogP) is 1.91. The van der Waals surface area contributed by atoms with Crippen molar-refractivity contribution in [2.75, 3.05) is 0 Å². The average Bonchev–Trinajstić information content (AvgIpc) is 2.04. The summed E-state index contributed by atoms with van der Waals surface area (Å²) in [6.07, 6.45) is 0.662. The first kappa shape index (κ1) is 9.13. The van der Waals surface area contributed by atoms with E-state index in [-0.39, 0.29) is 11.6 Å². The van der Waals surface area contributed by atoms with Crippen molar-refractivity contribution in [3.8, 4) is 0 Å². The van der Waals surface area contributed by atoms with Crippen molar-refractivity contribution in [2.45, 2.75) is 20.0 Å². The summed E-state index contributed by atoms with van der Waals surface area (Å²) in [6, 6.07) is 2.81. The van der Waals surface area contributed by atoms with Crippen LogP contribution in [-0.2, 0) is 0 Å². The molecule has 3 heteroatoms. The highest BCUT2D eigenvalue weighted by atomic mass is 19.1. The average molecular weight is 169 g/mol. The molecule has 1 aromatic heterocycles. The Morgan fingerprint density at radius 2 is 2.17 bits per heavy atom. The lowest BCUT2D eigenvalue weighted by molar-refractivity contribution is 0.118. The van der Waals surface area contributed by atoms with E-state index in [0.29, 0.717) is 0 Å². The third kappa shape index (κ3) is 1.80. The van der Waals surface area contributed by atoms with E-state index in [9.17, 15) is 9.50 Å². The molecule has 0 bridgehead atoms. The van der Waals surface area contributed by atoms with Crippen molar-refractivity contribution < 1.29 is 9.50 Å². The van der Waals surface area contributed by atoms with Gasteiger partial charge in [-0.25, -0.2) is 4.39 Å². The highest BCUT2D eigenvalue weighted by molar-refractivity contribution is 5.10. The lowest BCUT2D eigenvalue weighted by atomic mass is 10.0. The molecule has 1 rings (SSSR count). The number of halogens is 1. The van der Waals surface area contributed by atoms with Crippen molar-refractivity contribution in [3.63, 3.8) is 0 Å². The molecule has 66 valence electrons. The van der Waals surface area contributed by atoms with Crippen LogP contribution in [0.5, 0.6) is 0 Å². The first-order valence-corrected chi connectivity index (χ1v) is 3.91. The molecule has 1 heterocycles. The van der Waals surface area contributed by atoms with Gasteiger partial charge in [-0.05, 0) is 18.1 Å². The number of aliphatic hydroxyl groups is 1. The Kier molecular flexibility index (Phi) is 2.76. The number of pyridine rings is 1. The van der Waals surface area contributed by atoms with Crippen LogP contribution in [0.4, 0.5) is 4.39 Å². The summed E-state index contributed by atoms with van der Waals surface area (Å²) in [6.45, 7) is 3.64. The Hall–Kier alpha value is -0.960. The minimum atomic E-state index is -0.814. The van der Waals surface area contributed by atoms with E-state index in [1.165, 1.54) is 18.3 Å². The van der Waals surface area contributed by atoms with Crippen LogP contribution < -0.4 is 0 Å². The van der Waals surface area contributed by atoms with Crippen molar-refractivity contribution >= 4 is 0 Å². The minimum Gasteiger partial charge on any atom is -0.386 e. The van der Waals surface area contributed by atoms with E-state index in [0.717, 1.165) is 0 Å². The van der Waals surface area contributed by atoms with E-state index in [2.05, 4.69) is 4.98 Å². The maximum Gasteiger partial charge on any atom is 0.147 e. The van der Waals surface area contributed by atoms with Gasteiger partial charge in [0.15, 0.2) is 0 Å². The summed E-state index contributed by atoms with van der Waals surface area (Å²) in [5.41, 5.74) is 0.132. The third-order valence-electron chi connectivity index (χ3n) is 1.70. The van der Waals surface area contributed by atoms with Crippen LogP contribution in [-0.4, -0.2) is 10.1 Å². The fourth-order valence-electron chi connectivity index (χ4n) is 0.931. The Morgan fingerprint density at radius 3 is 2.67 bits per heavy atom. The van der Waals surface area contributed by atoms with Gasteiger partial charge in [0, 0.05) is 6.20 Å². The first-order valence-electron chi connectivity index (χ1n) is 3.91. The minimum absolute atomic E-state index is 0.0191. The topological polar surface area (TPSA) is 33.1 Å². The molecule has 0 saturated heterocycles. The largest absolute Gasteiger partial charge is 0.386 e. The molecule has 0 aromatic carbocycles. The lowest BCUT2D eigenvalue weighted by Gasteiger charge is -2.13. The monoisotopic (exact) mass is 169 g/mol. The van der Waals surface area contributed by atoms with Crippen molar-refractivity contribution in [3.05, 3.63) is 29.8 Å². The molecule has 0 radical (unpaired) electrons. The summed E-state index contributed by atoms with van der Waals surface area (Å²) in [7, 11) is 0. The molecule has 0 aliphatic heterocycles. The molecule has 0 saturated carbocycles. The van der Waals surface area contributed by atoms with Gasteiger partial charge in [0.1, 0.15) is 17.6 Å². The summed E-state index contributed by atoms with van der Waals surface area (Å²) in [5, 5.41) is 9.48. The first-order chi connectivity index (χ1) is 5.63. The fourth-order valence-corrected chi connectivity index (χ4v) is 0.931. The molecule has 0 aliphatic rings. The maximum absolute atomic E-state index is 13.0. The van der Waals surface area contributed by atoms with Crippen LogP contribution in [0.1, 0.15) is 25.6 Å². The molecule has 1 unspecified atom stereocenters. The predicted molar refractivity (Wildman–Crippen MR) is 44.0 cm³/mol. The van der Waals surface area contributed by atoms with Gasteiger partial charge < -0.3 is 5.11 Å². The van der Waals surface area contributed by atoms with Crippen molar-refractivity contribution in [2.24, 2.45) is 5.92 Å². The Labute approximate surface area is 71.1 Å². The number of hydrogen-bond acceptors (Lipinski definition) is 2. The second-order valence-electron chi connectivity index (χ2n) is 3.06. The fraction of sp³-hybridized carbons (Fsp3) is 0.444. The molecule has 0 spiro atoms. The Morgan fingerprint density at radius 1 is 1.50 bits per heavy atom. The summed E-state index contributed by atoms with van der Waals surface area (Å²) < 4.78 is 13.0. The zero-order valence-electron chi connectivity index (χ0n) is 7.16. The zero-order chi connectivity index (χ0) is 9.14. The second kappa shape index (κ2) is 3.63. The lowest BCUT2D eigenvalue weighted by Crippen LogP contribution is -2.09. The van der Waals surface area contributed by atoms with E-state index >= 15 is 0 Å². The number of nitrogens with zero attached hydrogens (tertiary/aromatic N) is 1. The van der Waals surface area contributed by atoms with Gasteiger partial charge in [-0.15, -0.1) is 0 Å². The standard InChI is InChI=1S/C9H12FNO/c1-6(2)9(12)8-7(10)4-3-5-11-8/h3-6,9,12H,1-2H3. The third-order valence-corrected chi connectivity index (χ3v) is 1.70. The van der Waals surface area contributed by atoms with Crippen LogP contribution in [0.3, 0.4) is 0 Å². The molecule has 2 nitrogen and oxygen atoms in total. The van der Waals surface area contributed by atoms with Gasteiger partial charge in [-0.3, -0.25) is 4.98 Å². The van der Waals surface area contributed by atoms with Gasteiger partial charge in [0.25, 0.3) is 0 Å². The SMILES string of the molecule is CC(C)C(O)c1ncccc1F. The molecule has 0 fully saturated rings. The molecule has 12 heavy (non-hydrogen) atoms. The number of hydrogen-bond donors (Lipinski definition) is 1. The van der Waals surface area contributed by atoms with Crippen LogP contribution in [0.25, 0.3) is 0 Å². The summed E-state index contributed by atoms with van der Waals surface area (Å²) in [4.78, 5) is 3.77. The normalized spacial score (nSPS) is 13.4. The van der Waals surface area contributed by atoms with E-state index in [4.69, 9.17) is 0 Å². The molecule has 1 N–H and O–H groups in total. The maximum atomic E-state index is 13.0. The molecule has 1 aromatic rings. The summed E-state index contributed by atoms with van der Waals surface area (Å²) >= 11 is 0. The highest BCUT2D eigenvalue weighted by Gasteiger charge is 2.16. The molecular weight excluding hydrogens is 157 g/mol. The van der Waals surface area contributed by atoms with Gasteiger partial charge in [0.05, 0.1) is 0 Å². The second-order valence-corrected chi connectivity index (χ2v) is 3.06. The van der Waals surface area contributed by atoms with Crippen molar-refractivity contribution in [1.29, 1.82) is 0 Å². The number of aromatic nitrogens is 1. The van der Waals surface area contributed by atoms with Gasteiger partial charge in [-0.1, -0.05) is 13.8 Å². The smallest absolute Gasteiger partial charge is 0.147 e. The van der Waals surface area contributed by atoms with Gasteiger partial charge in [0.2, 0.25) is 0 Å². The number of aliphatic hydroxyl groups excluding tert-OH is 1. The van der Waals surface area contributed by atoms with E-state index in [1.807, 2.05) is 13.8 Å². The molecular formula is C9H12FNO. The molecule has 1 atom stereocenters. The quantitative estimate of drug-likeness (QED) is 0.733. The van der Waals surface area contributed by atoms with Crippen LogP contribution in [0.15, 0.2) is 18.3 Å². The highest BCUT2D eigenvalue weighted by Crippen LogP contribution is 2.20. The van der Waals surface area contributed by atoms with Gasteiger partial charge in [-0.2, -0.15) is 0 Å².